The van der Waals surface area contributed by atoms with Gasteiger partial charge in [0.2, 0.25) is 0 Å². The lowest BCUT2D eigenvalue weighted by Crippen LogP contribution is -2.17. The Morgan fingerprint density at radius 3 is 2.88 bits per heavy atom. The molecule has 0 aliphatic rings. The molecule has 1 atom stereocenters. The zero-order chi connectivity index (χ0) is 12.3. The Hall–Kier alpha value is -1.32. The van der Waals surface area contributed by atoms with Crippen LogP contribution in [0.1, 0.15) is 24.3 Å². The molecule has 0 saturated carbocycles. The van der Waals surface area contributed by atoms with E-state index in [1.54, 1.807) is 18.4 Å². The summed E-state index contributed by atoms with van der Waals surface area (Å²) in [5, 5.41) is 3.39. The Morgan fingerprint density at radius 1 is 1.41 bits per heavy atom. The fourth-order valence-corrected chi connectivity index (χ4v) is 1.68. The van der Waals surface area contributed by atoms with E-state index in [9.17, 15) is 4.39 Å². The molecule has 90 valence electrons. The minimum atomic E-state index is -0.392. The molecule has 1 N–H and O–H groups in total. The molecule has 1 aromatic heterocycles. The van der Waals surface area contributed by atoms with Crippen LogP contribution in [0.3, 0.4) is 0 Å². The second-order valence-corrected chi connectivity index (χ2v) is 4.27. The third kappa shape index (κ3) is 3.08. The lowest BCUT2D eigenvalue weighted by Gasteiger charge is -2.11. The molecule has 1 heterocycles. The van der Waals surface area contributed by atoms with Gasteiger partial charge >= 0.3 is 0 Å². The van der Waals surface area contributed by atoms with E-state index in [1.165, 1.54) is 6.07 Å². The van der Waals surface area contributed by atoms with Gasteiger partial charge in [0.25, 0.3) is 0 Å². The van der Waals surface area contributed by atoms with Gasteiger partial charge in [-0.2, -0.15) is 0 Å². The number of furan rings is 1. The van der Waals surface area contributed by atoms with Gasteiger partial charge in [-0.05, 0) is 36.8 Å². The predicted octanol–water partition coefficient (Wildman–Crippen LogP) is 3.92. The van der Waals surface area contributed by atoms with Crippen LogP contribution in [0.4, 0.5) is 4.39 Å². The standard InChI is InChI=1S/C13H13ClFNO/c1-9(13-3-2-6-17-13)16-8-10-4-5-11(14)12(15)7-10/h2-7,9,16H,8H2,1H3/t9-/m0/s1. The van der Waals surface area contributed by atoms with Gasteiger partial charge in [-0.3, -0.25) is 0 Å². The van der Waals surface area contributed by atoms with Crippen molar-refractivity contribution in [3.8, 4) is 0 Å². The topological polar surface area (TPSA) is 25.2 Å². The van der Waals surface area contributed by atoms with Crippen molar-refractivity contribution in [1.29, 1.82) is 0 Å². The SMILES string of the molecule is C[C@H](NCc1ccc(Cl)c(F)c1)c1ccco1. The zero-order valence-corrected chi connectivity index (χ0v) is 10.2. The highest BCUT2D eigenvalue weighted by Gasteiger charge is 2.08. The molecule has 4 heteroatoms. The van der Waals surface area contributed by atoms with Gasteiger partial charge < -0.3 is 9.73 Å². The van der Waals surface area contributed by atoms with E-state index >= 15 is 0 Å². The van der Waals surface area contributed by atoms with Crippen LogP contribution in [0, 0.1) is 5.82 Å². The summed E-state index contributed by atoms with van der Waals surface area (Å²) in [6.07, 6.45) is 1.63. The van der Waals surface area contributed by atoms with Gasteiger partial charge in [0.1, 0.15) is 11.6 Å². The van der Waals surface area contributed by atoms with Crippen molar-refractivity contribution in [3.05, 3.63) is 58.8 Å². The summed E-state index contributed by atoms with van der Waals surface area (Å²) >= 11 is 5.61. The van der Waals surface area contributed by atoms with Crippen molar-refractivity contribution < 1.29 is 8.81 Å². The summed E-state index contributed by atoms with van der Waals surface area (Å²) < 4.78 is 18.5. The molecule has 2 aromatic rings. The average molecular weight is 254 g/mol. The number of nitrogens with one attached hydrogen (secondary N) is 1. The maximum atomic E-state index is 13.2. The van der Waals surface area contributed by atoms with Crippen LogP contribution in [0.25, 0.3) is 0 Å². The Labute approximate surface area is 104 Å². The number of rotatable bonds is 4. The summed E-state index contributed by atoms with van der Waals surface area (Å²) in [5.74, 6) is 0.469. The van der Waals surface area contributed by atoms with Gasteiger partial charge in [0, 0.05) is 6.54 Å². The van der Waals surface area contributed by atoms with Crippen molar-refractivity contribution >= 4 is 11.6 Å². The lowest BCUT2D eigenvalue weighted by molar-refractivity contribution is 0.430. The number of hydrogen-bond donors (Lipinski definition) is 1. The van der Waals surface area contributed by atoms with Crippen LogP contribution >= 0.6 is 11.6 Å². The molecule has 0 unspecified atom stereocenters. The van der Waals surface area contributed by atoms with Crippen LogP contribution in [0.2, 0.25) is 5.02 Å². The van der Waals surface area contributed by atoms with Gasteiger partial charge in [0.05, 0.1) is 17.3 Å². The Morgan fingerprint density at radius 2 is 2.24 bits per heavy atom. The Bertz CT molecular complexity index is 484. The van der Waals surface area contributed by atoms with Crippen molar-refractivity contribution in [2.75, 3.05) is 0 Å². The summed E-state index contributed by atoms with van der Waals surface area (Å²) in [6, 6.07) is 8.63. The molecule has 0 saturated heterocycles. The monoisotopic (exact) mass is 253 g/mol. The largest absolute Gasteiger partial charge is 0.468 e. The quantitative estimate of drug-likeness (QED) is 0.893. The van der Waals surface area contributed by atoms with E-state index in [0.29, 0.717) is 6.54 Å². The maximum absolute atomic E-state index is 13.2. The zero-order valence-electron chi connectivity index (χ0n) is 9.41. The summed E-state index contributed by atoms with van der Waals surface area (Å²) in [7, 11) is 0. The molecule has 0 amide bonds. The first-order valence-electron chi connectivity index (χ1n) is 5.37. The molecular weight excluding hydrogens is 241 g/mol. The highest BCUT2D eigenvalue weighted by molar-refractivity contribution is 6.30. The third-order valence-corrected chi connectivity index (χ3v) is 2.87. The molecule has 0 fully saturated rings. The van der Waals surface area contributed by atoms with Crippen molar-refractivity contribution in [1.82, 2.24) is 5.32 Å². The average Bonchev–Trinajstić information content (AvgIpc) is 2.84. The third-order valence-electron chi connectivity index (χ3n) is 2.57. The first-order valence-corrected chi connectivity index (χ1v) is 5.75. The smallest absolute Gasteiger partial charge is 0.142 e. The second-order valence-electron chi connectivity index (χ2n) is 3.87. The Balaban J connectivity index is 1.96. The summed E-state index contributed by atoms with van der Waals surface area (Å²) in [6.45, 7) is 2.56. The summed E-state index contributed by atoms with van der Waals surface area (Å²) in [4.78, 5) is 0. The fourth-order valence-electron chi connectivity index (χ4n) is 1.56. The summed E-state index contributed by atoms with van der Waals surface area (Å²) in [5.41, 5.74) is 0.852. The van der Waals surface area contributed by atoms with E-state index < -0.39 is 5.82 Å². The van der Waals surface area contributed by atoms with Gasteiger partial charge in [-0.25, -0.2) is 4.39 Å². The highest BCUT2D eigenvalue weighted by Crippen LogP contribution is 2.17. The van der Waals surface area contributed by atoms with Gasteiger partial charge in [-0.1, -0.05) is 17.7 Å². The van der Waals surface area contributed by atoms with Crippen LogP contribution < -0.4 is 5.32 Å². The van der Waals surface area contributed by atoms with Crippen molar-refractivity contribution in [2.24, 2.45) is 0 Å². The highest BCUT2D eigenvalue weighted by atomic mass is 35.5. The maximum Gasteiger partial charge on any atom is 0.142 e. The van der Waals surface area contributed by atoms with E-state index in [1.807, 2.05) is 19.1 Å². The van der Waals surface area contributed by atoms with Crippen LogP contribution in [-0.4, -0.2) is 0 Å². The molecule has 17 heavy (non-hydrogen) atoms. The first kappa shape index (κ1) is 12.1. The second kappa shape index (κ2) is 5.34. The minimum absolute atomic E-state index is 0.0868. The molecule has 0 aliphatic heterocycles. The van der Waals surface area contributed by atoms with Crippen LogP contribution in [-0.2, 0) is 6.54 Å². The lowest BCUT2D eigenvalue weighted by atomic mass is 10.2. The fraction of sp³-hybridized carbons (Fsp3) is 0.231. The number of hydrogen-bond acceptors (Lipinski definition) is 2. The molecular formula is C13H13ClFNO. The molecule has 0 radical (unpaired) electrons. The number of benzene rings is 1. The molecule has 0 spiro atoms. The normalized spacial score (nSPS) is 12.6. The van der Waals surface area contributed by atoms with Crippen LogP contribution in [0.5, 0.6) is 0 Å². The van der Waals surface area contributed by atoms with Gasteiger partial charge in [0.15, 0.2) is 0 Å². The Kier molecular flexibility index (Phi) is 3.82. The van der Waals surface area contributed by atoms with Gasteiger partial charge in [-0.15, -0.1) is 0 Å². The van der Waals surface area contributed by atoms with E-state index in [-0.39, 0.29) is 11.1 Å². The van der Waals surface area contributed by atoms with E-state index in [0.717, 1.165) is 11.3 Å². The minimum Gasteiger partial charge on any atom is -0.468 e. The van der Waals surface area contributed by atoms with Crippen molar-refractivity contribution in [3.63, 3.8) is 0 Å². The van der Waals surface area contributed by atoms with Crippen molar-refractivity contribution in [2.45, 2.75) is 19.5 Å². The molecule has 2 nitrogen and oxygen atoms in total. The van der Waals surface area contributed by atoms with Crippen LogP contribution in [0.15, 0.2) is 41.0 Å². The molecule has 1 aromatic carbocycles. The first-order chi connectivity index (χ1) is 8.16. The molecule has 2 rings (SSSR count). The van der Waals surface area contributed by atoms with E-state index in [2.05, 4.69) is 5.32 Å². The predicted molar refractivity (Wildman–Crippen MR) is 65.4 cm³/mol. The van der Waals surface area contributed by atoms with E-state index in [4.69, 9.17) is 16.0 Å². The molecule has 0 bridgehead atoms. The number of halogens is 2. The molecule has 0 aliphatic carbocycles.